The number of hydrogen-bond donors (Lipinski definition) is 3. The fourth-order valence-electron chi connectivity index (χ4n) is 2.51. The molecule has 3 N–H and O–H groups in total. The van der Waals surface area contributed by atoms with Crippen LogP contribution >= 0.6 is 0 Å². The molecule has 104 valence electrons. The summed E-state index contributed by atoms with van der Waals surface area (Å²) in [5.74, 6) is -1.13. The van der Waals surface area contributed by atoms with Gasteiger partial charge in [0.2, 0.25) is 5.91 Å². The first-order valence-electron chi connectivity index (χ1n) is 6.58. The van der Waals surface area contributed by atoms with Crippen LogP contribution in [0.5, 0.6) is 0 Å². The number of rotatable bonds is 6. The summed E-state index contributed by atoms with van der Waals surface area (Å²) in [6.45, 7) is 3.99. The largest absolute Gasteiger partial charge is 0.481 e. The molecule has 1 saturated carbocycles. The Labute approximate surface area is 108 Å². The summed E-state index contributed by atoms with van der Waals surface area (Å²) in [5.41, 5.74) is 0. The van der Waals surface area contributed by atoms with E-state index in [2.05, 4.69) is 5.32 Å². The Bertz CT molecular complexity index is 303. The Hall–Kier alpha value is -1.10. The summed E-state index contributed by atoms with van der Waals surface area (Å²) < 4.78 is 0. The average Bonchev–Trinajstić information content (AvgIpc) is 2.76. The van der Waals surface area contributed by atoms with E-state index in [4.69, 9.17) is 5.11 Å². The number of carbonyl (C=O) groups is 2. The molecule has 1 rings (SSSR count). The maximum atomic E-state index is 11.9. The van der Waals surface area contributed by atoms with Crippen LogP contribution in [0.25, 0.3) is 0 Å². The second kappa shape index (κ2) is 6.73. The maximum absolute atomic E-state index is 11.9. The van der Waals surface area contributed by atoms with Gasteiger partial charge in [-0.1, -0.05) is 13.8 Å². The molecule has 0 aliphatic heterocycles. The summed E-state index contributed by atoms with van der Waals surface area (Å²) in [5, 5.41) is 20.9. The third-order valence-electron chi connectivity index (χ3n) is 3.48. The van der Waals surface area contributed by atoms with Gasteiger partial charge in [0.15, 0.2) is 0 Å². The summed E-state index contributed by atoms with van der Waals surface area (Å²) in [4.78, 5) is 22.8. The minimum absolute atomic E-state index is 0.0704. The third-order valence-corrected chi connectivity index (χ3v) is 3.48. The van der Waals surface area contributed by atoms with Crippen molar-refractivity contribution in [3.63, 3.8) is 0 Å². The lowest BCUT2D eigenvalue weighted by atomic mass is 10.0. The molecule has 3 atom stereocenters. The molecular weight excluding hydrogens is 234 g/mol. The molecule has 0 radical (unpaired) electrons. The monoisotopic (exact) mass is 257 g/mol. The van der Waals surface area contributed by atoms with Crippen molar-refractivity contribution in [3.05, 3.63) is 0 Å². The SMILES string of the molecule is CC(C)CC(CO)NC(=O)C1CCC(C(=O)O)C1. The van der Waals surface area contributed by atoms with Gasteiger partial charge in [-0.3, -0.25) is 9.59 Å². The van der Waals surface area contributed by atoms with Gasteiger partial charge >= 0.3 is 5.97 Å². The lowest BCUT2D eigenvalue weighted by molar-refractivity contribution is -0.141. The Kier molecular flexibility index (Phi) is 5.59. The summed E-state index contributed by atoms with van der Waals surface area (Å²) in [6, 6.07) is -0.221. The van der Waals surface area contributed by atoms with E-state index in [1.807, 2.05) is 13.8 Å². The second-order valence-electron chi connectivity index (χ2n) is 5.56. The number of carbonyl (C=O) groups excluding carboxylic acids is 1. The highest BCUT2D eigenvalue weighted by Gasteiger charge is 2.34. The van der Waals surface area contributed by atoms with E-state index < -0.39 is 11.9 Å². The number of aliphatic carboxylic acids is 1. The smallest absolute Gasteiger partial charge is 0.306 e. The van der Waals surface area contributed by atoms with Crippen LogP contribution in [0.15, 0.2) is 0 Å². The van der Waals surface area contributed by atoms with Crippen molar-refractivity contribution in [3.8, 4) is 0 Å². The van der Waals surface area contributed by atoms with Gasteiger partial charge in [0, 0.05) is 5.92 Å². The van der Waals surface area contributed by atoms with E-state index in [1.54, 1.807) is 0 Å². The molecule has 0 heterocycles. The Morgan fingerprint density at radius 3 is 2.33 bits per heavy atom. The van der Waals surface area contributed by atoms with Crippen LogP contribution in [0, 0.1) is 17.8 Å². The first kappa shape index (κ1) is 15.0. The molecule has 3 unspecified atom stereocenters. The van der Waals surface area contributed by atoms with Crippen LogP contribution in [0.2, 0.25) is 0 Å². The zero-order chi connectivity index (χ0) is 13.7. The fraction of sp³-hybridized carbons (Fsp3) is 0.846. The predicted octanol–water partition coefficient (Wildman–Crippen LogP) is 1.01. The molecule has 1 aliphatic rings. The zero-order valence-electron chi connectivity index (χ0n) is 11.1. The van der Waals surface area contributed by atoms with Crippen molar-refractivity contribution in [2.24, 2.45) is 17.8 Å². The third kappa shape index (κ3) is 4.29. The Morgan fingerprint density at radius 1 is 1.28 bits per heavy atom. The van der Waals surface area contributed by atoms with Crippen LogP contribution in [0.3, 0.4) is 0 Å². The van der Waals surface area contributed by atoms with Crippen molar-refractivity contribution in [2.75, 3.05) is 6.61 Å². The van der Waals surface area contributed by atoms with Crippen LogP contribution in [0.1, 0.15) is 39.5 Å². The second-order valence-corrected chi connectivity index (χ2v) is 5.56. The summed E-state index contributed by atoms with van der Waals surface area (Å²) in [6.07, 6.45) is 2.35. The standard InChI is InChI=1S/C13H23NO4/c1-8(2)5-11(7-15)14-12(16)9-3-4-10(6-9)13(17)18/h8-11,15H,3-7H2,1-2H3,(H,14,16)(H,17,18). The van der Waals surface area contributed by atoms with Gasteiger partial charge in [-0.25, -0.2) is 0 Å². The minimum Gasteiger partial charge on any atom is -0.481 e. The molecule has 0 spiro atoms. The topological polar surface area (TPSA) is 86.6 Å². The number of amides is 1. The van der Waals surface area contributed by atoms with Gasteiger partial charge in [0.05, 0.1) is 18.6 Å². The van der Waals surface area contributed by atoms with Gasteiger partial charge < -0.3 is 15.5 Å². The molecule has 1 amide bonds. The minimum atomic E-state index is -0.814. The fourth-order valence-corrected chi connectivity index (χ4v) is 2.51. The molecule has 0 aromatic rings. The molecule has 0 aromatic heterocycles. The van der Waals surface area contributed by atoms with Gasteiger partial charge in [-0.05, 0) is 31.6 Å². The molecule has 5 heteroatoms. The van der Waals surface area contributed by atoms with Crippen LogP contribution in [0.4, 0.5) is 0 Å². The normalized spacial score (nSPS) is 25.1. The molecule has 5 nitrogen and oxygen atoms in total. The average molecular weight is 257 g/mol. The van der Waals surface area contributed by atoms with Crippen LogP contribution < -0.4 is 5.32 Å². The number of nitrogens with one attached hydrogen (secondary N) is 1. The number of hydrogen-bond acceptors (Lipinski definition) is 3. The zero-order valence-corrected chi connectivity index (χ0v) is 11.1. The van der Waals surface area contributed by atoms with Gasteiger partial charge in [-0.2, -0.15) is 0 Å². The molecule has 1 fully saturated rings. The molecular formula is C13H23NO4. The molecule has 0 aromatic carbocycles. The van der Waals surface area contributed by atoms with E-state index in [9.17, 15) is 14.7 Å². The van der Waals surface area contributed by atoms with Crippen molar-refractivity contribution >= 4 is 11.9 Å². The highest BCUT2D eigenvalue weighted by atomic mass is 16.4. The van der Waals surface area contributed by atoms with E-state index >= 15 is 0 Å². The molecule has 0 bridgehead atoms. The van der Waals surface area contributed by atoms with Crippen molar-refractivity contribution in [2.45, 2.75) is 45.6 Å². The van der Waals surface area contributed by atoms with Crippen LogP contribution in [-0.2, 0) is 9.59 Å². The number of carboxylic acids is 1. The van der Waals surface area contributed by atoms with Crippen molar-refractivity contribution in [1.82, 2.24) is 5.32 Å². The summed E-state index contributed by atoms with van der Waals surface area (Å²) >= 11 is 0. The number of aliphatic hydroxyl groups is 1. The highest BCUT2D eigenvalue weighted by Crippen LogP contribution is 2.31. The lowest BCUT2D eigenvalue weighted by Crippen LogP contribution is -2.41. The number of carboxylic acid groups (broad SMARTS) is 1. The molecule has 1 aliphatic carbocycles. The van der Waals surface area contributed by atoms with Crippen molar-refractivity contribution in [1.29, 1.82) is 0 Å². The van der Waals surface area contributed by atoms with E-state index in [0.717, 1.165) is 6.42 Å². The maximum Gasteiger partial charge on any atom is 0.306 e. The quantitative estimate of drug-likeness (QED) is 0.663. The van der Waals surface area contributed by atoms with Crippen molar-refractivity contribution < 1.29 is 19.8 Å². The van der Waals surface area contributed by atoms with Crippen LogP contribution in [-0.4, -0.2) is 34.7 Å². The first-order chi connectivity index (χ1) is 8.43. The van der Waals surface area contributed by atoms with E-state index in [1.165, 1.54) is 0 Å². The first-order valence-corrected chi connectivity index (χ1v) is 6.58. The van der Waals surface area contributed by atoms with E-state index in [-0.39, 0.29) is 24.5 Å². The van der Waals surface area contributed by atoms with E-state index in [0.29, 0.717) is 25.2 Å². The Morgan fingerprint density at radius 2 is 1.89 bits per heavy atom. The summed E-state index contributed by atoms with van der Waals surface area (Å²) in [7, 11) is 0. The molecule has 0 saturated heterocycles. The highest BCUT2D eigenvalue weighted by molar-refractivity contribution is 5.81. The predicted molar refractivity (Wildman–Crippen MR) is 66.9 cm³/mol. The van der Waals surface area contributed by atoms with Gasteiger partial charge in [0.25, 0.3) is 0 Å². The lowest BCUT2D eigenvalue weighted by Gasteiger charge is -2.20. The van der Waals surface area contributed by atoms with Gasteiger partial charge in [-0.15, -0.1) is 0 Å². The van der Waals surface area contributed by atoms with Gasteiger partial charge in [0.1, 0.15) is 0 Å². The number of aliphatic hydroxyl groups excluding tert-OH is 1. The Balaban J connectivity index is 2.43. The molecule has 18 heavy (non-hydrogen) atoms.